The summed E-state index contributed by atoms with van der Waals surface area (Å²) in [6, 6.07) is 0.112. The van der Waals surface area contributed by atoms with Crippen LogP contribution in [0.15, 0.2) is 0 Å². The first-order chi connectivity index (χ1) is 10.5. The van der Waals surface area contributed by atoms with Gasteiger partial charge in [0.2, 0.25) is 0 Å². The standard InChI is InChI=1S/C17H30N2O3/c1-3-16(21,4-2)11-18-15(20)19-13-12-7-10-22-14(12)17(13)8-5-6-9-17/h12-14,21H,3-11H2,1-2H3,(H2,18,19,20). The van der Waals surface area contributed by atoms with E-state index in [1.165, 1.54) is 25.7 Å². The van der Waals surface area contributed by atoms with E-state index in [-0.39, 0.29) is 17.5 Å². The number of carbonyl (C=O) groups is 1. The summed E-state index contributed by atoms with van der Waals surface area (Å²) >= 11 is 0. The molecule has 0 bridgehead atoms. The molecule has 3 atom stereocenters. The second kappa shape index (κ2) is 6.00. The molecule has 3 fully saturated rings. The predicted molar refractivity (Wildman–Crippen MR) is 84.6 cm³/mol. The Morgan fingerprint density at radius 3 is 2.64 bits per heavy atom. The van der Waals surface area contributed by atoms with Crippen LogP contribution in [0.4, 0.5) is 4.79 Å². The average molecular weight is 310 g/mol. The quantitative estimate of drug-likeness (QED) is 0.729. The highest BCUT2D eigenvalue weighted by Crippen LogP contribution is 2.60. The molecule has 0 aromatic rings. The van der Waals surface area contributed by atoms with Crippen molar-refractivity contribution in [2.45, 2.75) is 76.5 Å². The molecular weight excluding hydrogens is 280 g/mol. The number of amides is 2. The summed E-state index contributed by atoms with van der Waals surface area (Å²) in [4.78, 5) is 12.3. The molecule has 0 aromatic carbocycles. The van der Waals surface area contributed by atoms with E-state index in [2.05, 4.69) is 10.6 Å². The summed E-state index contributed by atoms with van der Waals surface area (Å²) < 4.78 is 5.94. The number of hydrogen-bond acceptors (Lipinski definition) is 3. The van der Waals surface area contributed by atoms with E-state index in [1.54, 1.807) is 0 Å². The van der Waals surface area contributed by atoms with Crippen LogP contribution in [-0.2, 0) is 4.74 Å². The van der Waals surface area contributed by atoms with E-state index < -0.39 is 5.60 Å². The van der Waals surface area contributed by atoms with Gasteiger partial charge in [-0.15, -0.1) is 0 Å². The van der Waals surface area contributed by atoms with Gasteiger partial charge >= 0.3 is 6.03 Å². The van der Waals surface area contributed by atoms with Gasteiger partial charge in [0, 0.05) is 30.5 Å². The van der Waals surface area contributed by atoms with Crippen molar-refractivity contribution in [2.24, 2.45) is 11.3 Å². The van der Waals surface area contributed by atoms with Crippen LogP contribution in [0, 0.1) is 11.3 Å². The van der Waals surface area contributed by atoms with Gasteiger partial charge in [0.15, 0.2) is 0 Å². The Kier molecular flexibility index (Phi) is 4.38. The van der Waals surface area contributed by atoms with Crippen LogP contribution in [0.25, 0.3) is 0 Å². The summed E-state index contributed by atoms with van der Waals surface area (Å²) in [5.41, 5.74) is -0.606. The van der Waals surface area contributed by atoms with Crippen molar-refractivity contribution in [3.8, 4) is 0 Å². The van der Waals surface area contributed by atoms with Gasteiger partial charge < -0.3 is 20.5 Å². The molecule has 1 saturated heterocycles. The van der Waals surface area contributed by atoms with E-state index in [0.717, 1.165) is 13.0 Å². The fourth-order valence-electron chi connectivity index (χ4n) is 4.84. The van der Waals surface area contributed by atoms with Gasteiger partial charge in [-0.25, -0.2) is 4.79 Å². The van der Waals surface area contributed by atoms with Gasteiger partial charge in [-0.05, 0) is 32.1 Å². The number of nitrogens with one attached hydrogen (secondary N) is 2. The van der Waals surface area contributed by atoms with Gasteiger partial charge in [-0.2, -0.15) is 0 Å². The molecule has 3 N–H and O–H groups in total. The highest BCUT2D eigenvalue weighted by molar-refractivity contribution is 5.74. The van der Waals surface area contributed by atoms with Crippen molar-refractivity contribution in [1.29, 1.82) is 0 Å². The zero-order chi connectivity index (χ0) is 15.8. The molecule has 3 aliphatic rings. The van der Waals surface area contributed by atoms with Crippen molar-refractivity contribution >= 4 is 6.03 Å². The van der Waals surface area contributed by atoms with Crippen molar-refractivity contribution in [3.63, 3.8) is 0 Å². The number of aliphatic hydroxyl groups is 1. The highest BCUT2D eigenvalue weighted by Gasteiger charge is 2.65. The lowest BCUT2D eigenvalue weighted by atomic mass is 9.54. The maximum Gasteiger partial charge on any atom is 0.315 e. The lowest BCUT2D eigenvalue weighted by Gasteiger charge is -2.56. The molecule has 2 aliphatic carbocycles. The minimum atomic E-state index is -0.791. The molecule has 2 saturated carbocycles. The van der Waals surface area contributed by atoms with E-state index in [4.69, 9.17) is 4.74 Å². The topological polar surface area (TPSA) is 70.6 Å². The third-order valence-electron chi connectivity index (χ3n) is 6.47. The van der Waals surface area contributed by atoms with E-state index in [0.29, 0.717) is 31.4 Å². The molecular formula is C17H30N2O3. The summed E-state index contributed by atoms with van der Waals surface area (Å²) in [5.74, 6) is 0.486. The molecule has 22 heavy (non-hydrogen) atoms. The Balaban J connectivity index is 1.57. The lowest BCUT2D eigenvalue weighted by Crippen LogP contribution is -2.69. The smallest absolute Gasteiger partial charge is 0.315 e. The normalized spacial score (nSPS) is 32.6. The largest absolute Gasteiger partial charge is 0.388 e. The van der Waals surface area contributed by atoms with Crippen LogP contribution in [0.2, 0.25) is 0 Å². The Bertz CT molecular complexity index is 416. The molecule has 5 heteroatoms. The fraction of sp³-hybridized carbons (Fsp3) is 0.941. The van der Waals surface area contributed by atoms with Gasteiger partial charge in [0.25, 0.3) is 0 Å². The second-order valence-electron chi connectivity index (χ2n) is 7.42. The number of carbonyl (C=O) groups excluding carboxylic acids is 1. The van der Waals surface area contributed by atoms with Gasteiger partial charge in [0.1, 0.15) is 0 Å². The maximum atomic E-state index is 12.3. The minimum Gasteiger partial charge on any atom is -0.388 e. The second-order valence-corrected chi connectivity index (χ2v) is 7.42. The maximum absolute atomic E-state index is 12.3. The number of ether oxygens (including phenoxy) is 1. The van der Waals surface area contributed by atoms with Gasteiger partial charge in [-0.1, -0.05) is 26.7 Å². The summed E-state index contributed by atoms with van der Waals surface area (Å²) in [5, 5.41) is 16.3. The third kappa shape index (κ3) is 2.52. The van der Waals surface area contributed by atoms with Crippen LogP contribution in [0.1, 0.15) is 58.8 Å². The fourth-order valence-corrected chi connectivity index (χ4v) is 4.84. The minimum absolute atomic E-state index is 0.137. The Morgan fingerprint density at radius 2 is 2.00 bits per heavy atom. The lowest BCUT2D eigenvalue weighted by molar-refractivity contribution is -0.126. The van der Waals surface area contributed by atoms with Crippen LogP contribution < -0.4 is 10.6 Å². The molecule has 3 unspecified atom stereocenters. The Labute approximate surface area is 133 Å². The molecule has 1 spiro atoms. The van der Waals surface area contributed by atoms with Crippen LogP contribution in [0.3, 0.4) is 0 Å². The summed E-state index contributed by atoms with van der Waals surface area (Å²) in [7, 11) is 0. The molecule has 0 radical (unpaired) electrons. The van der Waals surface area contributed by atoms with Gasteiger partial charge in [-0.3, -0.25) is 0 Å². The molecule has 1 aliphatic heterocycles. The SMILES string of the molecule is CCC(O)(CC)CNC(=O)NC1C2CCOC2C12CCCC2. The highest BCUT2D eigenvalue weighted by atomic mass is 16.5. The van der Waals surface area contributed by atoms with Crippen molar-refractivity contribution in [1.82, 2.24) is 10.6 Å². The van der Waals surface area contributed by atoms with E-state index in [1.807, 2.05) is 13.8 Å². The van der Waals surface area contributed by atoms with E-state index >= 15 is 0 Å². The molecule has 126 valence electrons. The van der Waals surface area contributed by atoms with Crippen molar-refractivity contribution in [3.05, 3.63) is 0 Å². The number of urea groups is 1. The van der Waals surface area contributed by atoms with Crippen LogP contribution in [0.5, 0.6) is 0 Å². The first-order valence-electron chi connectivity index (χ1n) is 8.93. The number of hydrogen-bond donors (Lipinski definition) is 3. The number of fused-ring (bicyclic) bond motifs is 2. The summed E-state index contributed by atoms with van der Waals surface area (Å²) in [6.45, 7) is 5.05. The molecule has 5 nitrogen and oxygen atoms in total. The monoisotopic (exact) mass is 310 g/mol. The molecule has 3 rings (SSSR count). The molecule has 0 aromatic heterocycles. The van der Waals surface area contributed by atoms with Crippen molar-refractivity contribution < 1.29 is 14.6 Å². The zero-order valence-electron chi connectivity index (χ0n) is 13.9. The van der Waals surface area contributed by atoms with Gasteiger partial charge in [0.05, 0.1) is 11.7 Å². The Morgan fingerprint density at radius 1 is 1.32 bits per heavy atom. The average Bonchev–Trinajstić information content (AvgIpc) is 3.18. The van der Waals surface area contributed by atoms with E-state index in [9.17, 15) is 9.90 Å². The molecule has 1 heterocycles. The Hall–Kier alpha value is -0.810. The summed E-state index contributed by atoms with van der Waals surface area (Å²) in [6.07, 6.45) is 7.56. The first-order valence-corrected chi connectivity index (χ1v) is 8.93. The third-order valence-corrected chi connectivity index (χ3v) is 6.47. The zero-order valence-corrected chi connectivity index (χ0v) is 13.9. The predicted octanol–water partition coefficient (Wildman–Crippen LogP) is 2.18. The van der Waals surface area contributed by atoms with Crippen LogP contribution >= 0.6 is 0 Å². The van der Waals surface area contributed by atoms with Crippen LogP contribution in [-0.4, -0.2) is 42.0 Å². The molecule has 2 amide bonds. The number of rotatable bonds is 5. The first kappa shape index (κ1) is 16.1. The van der Waals surface area contributed by atoms with Crippen molar-refractivity contribution in [2.75, 3.05) is 13.2 Å².